The summed E-state index contributed by atoms with van der Waals surface area (Å²) in [5.74, 6) is 2.51. The average Bonchev–Trinajstić information content (AvgIpc) is 2.44. The predicted octanol–water partition coefficient (Wildman–Crippen LogP) is 1.50. The van der Waals surface area contributed by atoms with E-state index in [0.29, 0.717) is 5.82 Å². The maximum atomic E-state index is 9.43. The molecule has 0 spiro atoms. The third kappa shape index (κ3) is 4.61. The molecule has 0 aliphatic rings. The second kappa shape index (κ2) is 8.01. The molecule has 1 rings (SSSR count). The first-order valence-corrected chi connectivity index (χ1v) is 7.14. The Morgan fingerprint density at radius 2 is 1.75 bits per heavy atom. The lowest BCUT2D eigenvalue weighted by Crippen LogP contribution is -2.24. The number of hydrogen-bond donors (Lipinski definition) is 4. The first kappa shape index (κ1) is 16.7. The molecule has 1 aromatic rings. The van der Waals surface area contributed by atoms with E-state index in [2.05, 4.69) is 27.5 Å². The Labute approximate surface area is 120 Å². The van der Waals surface area contributed by atoms with Gasteiger partial charge in [-0.1, -0.05) is 20.8 Å². The summed E-state index contributed by atoms with van der Waals surface area (Å²) in [5.41, 5.74) is 0.924. The Hall–Kier alpha value is -1.40. The fourth-order valence-corrected chi connectivity index (χ4v) is 1.66. The van der Waals surface area contributed by atoms with Crippen LogP contribution in [0, 0.1) is 6.92 Å². The molecule has 1 unspecified atom stereocenters. The van der Waals surface area contributed by atoms with E-state index in [1.165, 1.54) is 0 Å². The van der Waals surface area contributed by atoms with Crippen LogP contribution in [0.25, 0.3) is 0 Å². The van der Waals surface area contributed by atoms with Gasteiger partial charge in [0.1, 0.15) is 17.5 Å². The summed E-state index contributed by atoms with van der Waals surface area (Å²) in [6.45, 7) is 8.98. The monoisotopic (exact) mass is 282 g/mol. The maximum absolute atomic E-state index is 9.43. The van der Waals surface area contributed by atoms with Crippen LogP contribution < -0.4 is 10.6 Å². The fraction of sp³-hybridized carbons (Fsp3) is 0.714. The minimum absolute atomic E-state index is 0.223. The normalized spacial score (nSPS) is 12.6. The van der Waals surface area contributed by atoms with Gasteiger partial charge < -0.3 is 20.8 Å². The smallest absolute Gasteiger partial charge is 0.135 e. The van der Waals surface area contributed by atoms with Crippen LogP contribution in [0.2, 0.25) is 0 Å². The van der Waals surface area contributed by atoms with Gasteiger partial charge in [0.05, 0.1) is 12.7 Å². The Morgan fingerprint density at radius 1 is 1.15 bits per heavy atom. The third-order valence-corrected chi connectivity index (χ3v) is 2.94. The number of aromatic nitrogens is 2. The highest BCUT2D eigenvalue weighted by molar-refractivity contribution is 5.57. The van der Waals surface area contributed by atoms with E-state index in [0.717, 1.165) is 30.2 Å². The van der Waals surface area contributed by atoms with Crippen molar-refractivity contribution in [1.29, 1.82) is 0 Å². The molecule has 1 atom stereocenters. The van der Waals surface area contributed by atoms with E-state index >= 15 is 0 Å². The number of aliphatic hydroxyl groups is 2. The second-order valence-electron chi connectivity index (χ2n) is 5.20. The number of nitrogens with zero attached hydrogens (tertiary/aromatic N) is 2. The van der Waals surface area contributed by atoms with E-state index in [4.69, 9.17) is 5.11 Å². The van der Waals surface area contributed by atoms with Gasteiger partial charge in [0, 0.05) is 24.6 Å². The first-order valence-electron chi connectivity index (χ1n) is 7.14. The van der Waals surface area contributed by atoms with E-state index in [-0.39, 0.29) is 19.1 Å². The van der Waals surface area contributed by atoms with Crippen LogP contribution in [0.4, 0.5) is 11.6 Å². The van der Waals surface area contributed by atoms with Crippen molar-refractivity contribution in [2.75, 3.05) is 30.3 Å². The highest BCUT2D eigenvalue weighted by atomic mass is 16.3. The molecule has 4 N–H and O–H groups in total. The van der Waals surface area contributed by atoms with Crippen LogP contribution in [0.15, 0.2) is 0 Å². The van der Waals surface area contributed by atoms with Crippen molar-refractivity contribution < 1.29 is 10.2 Å². The topological polar surface area (TPSA) is 90.3 Å². The molecular formula is C14H26N4O2. The molecule has 0 aliphatic carbocycles. The summed E-state index contributed by atoms with van der Waals surface area (Å²) < 4.78 is 0. The number of rotatable bonds is 8. The summed E-state index contributed by atoms with van der Waals surface area (Å²) in [7, 11) is 0. The van der Waals surface area contributed by atoms with Crippen molar-refractivity contribution in [1.82, 2.24) is 9.97 Å². The van der Waals surface area contributed by atoms with E-state index in [9.17, 15) is 5.11 Å². The number of nitrogens with one attached hydrogen (secondary N) is 2. The van der Waals surface area contributed by atoms with Crippen LogP contribution in [0.5, 0.6) is 0 Å². The molecule has 6 heteroatoms. The van der Waals surface area contributed by atoms with Crippen molar-refractivity contribution in [3.05, 3.63) is 11.4 Å². The van der Waals surface area contributed by atoms with Crippen molar-refractivity contribution in [3.8, 4) is 0 Å². The molecule has 114 valence electrons. The zero-order valence-electron chi connectivity index (χ0n) is 12.8. The summed E-state index contributed by atoms with van der Waals surface area (Å²) in [4.78, 5) is 9.03. The first-order chi connectivity index (χ1) is 9.49. The Balaban J connectivity index is 2.98. The van der Waals surface area contributed by atoms with Crippen molar-refractivity contribution in [2.24, 2.45) is 0 Å². The third-order valence-electron chi connectivity index (χ3n) is 2.94. The quantitative estimate of drug-likeness (QED) is 0.577. The molecule has 1 heterocycles. The molecular weight excluding hydrogens is 256 g/mol. The molecule has 0 saturated heterocycles. The molecule has 0 aliphatic heterocycles. The summed E-state index contributed by atoms with van der Waals surface area (Å²) in [5, 5.41) is 24.7. The van der Waals surface area contributed by atoms with Crippen LogP contribution in [-0.2, 0) is 0 Å². The van der Waals surface area contributed by atoms with Gasteiger partial charge in [0.15, 0.2) is 0 Å². The van der Waals surface area contributed by atoms with E-state index in [1.54, 1.807) is 0 Å². The molecule has 1 aromatic heterocycles. The highest BCUT2D eigenvalue weighted by Gasteiger charge is 2.13. The van der Waals surface area contributed by atoms with Crippen LogP contribution in [-0.4, -0.2) is 46.0 Å². The minimum atomic E-state index is -0.793. The molecule has 20 heavy (non-hydrogen) atoms. The Bertz CT molecular complexity index is 424. The summed E-state index contributed by atoms with van der Waals surface area (Å²) in [6, 6.07) is 0. The van der Waals surface area contributed by atoms with Crippen molar-refractivity contribution in [3.63, 3.8) is 0 Å². The fourth-order valence-electron chi connectivity index (χ4n) is 1.66. The highest BCUT2D eigenvalue weighted by Crippen LogP contribution is 2.23. The Kier molecular flexibility index (Phi) is 6.67. The van der Waals surface area contributed by atoms with Gasteiger partial charge in [-0.15, -0.1) is 0 Å². The van der Waals surface area contributed by atoms with Crippen LogP contribution in [0.3, 0.4) is 0 Å². The van der Waals surface area contributed by atoms with Gasteiger partial charge in [-0.25, -0.2) is 9.97 Å². The van der Waals surface area contributed by atoms with E-state index < -0.39 is 6.10 Å². The SMILES string of the molecule is CCCNc1nc(C(C)C)nc(NCC(O)CO)c1C. The molecule has 0 aromatic carbocycles. The second-order valence-corrected chi connectivity index (χ2v) is 5.20. The number of anilines is 2. The van der Waals surface area contributed by atoms with Gasteiger partial charge in [-0.2, -0.15) is 0 Å². The van der Waals surface area contributed by atoms with Crippen LogP contribution >= 0.6 is 0 Å². The molecule has 6 nitrogen and oxygen atoms in total. The average molecular weight is 282 g/mol. The summed E-state index contributed by atoms with van der Waals surface area (Å²) >= 11 is 0. The lowest BCUT2D eigenvalue weighted by atomic mass is 10.2. The molecule has 0 fully saturated rings. The summed E-state index contributed by atoms with van der Waals surface area (Å²) in [6.07, 6.45) is 0.228. The zero-order valence-corrected chi connectivity index (χ0v) is 12.8. The molecule has 0 radical (unpaired) electrons. The van der Waals surface area contributed by atoms with Gasteiger partial charge in [-0.3, -0.25) is 0 Å². The lowest BCUT2D eigenvalue weighted by Gasteiger charge is -2.17. The maximum Gasteiger partial charge on any atom is 0.135 e. The zero-order chi connectivity index (χ0) is 15.1. The molecule has 0 saturated carbocycles. The number of hydrogen-bond acceptors (Lipinski definition) is 6. The Morgan fingerprint density at radius 3 is 2.25 bits per heavy atom. The standard InChI is InChI=1S/C14H26N4O2/c1-5-6-15-13-10(4)14(16-7-11(20)8-19)18-12(17-13)9(2)3/h9,11,19-20H,5-8H2,1-4H3,(H2,15,16,17,18). The van der Waals surface area contributed by atoms with Crippen LogP contribution in [0.1, 0.15) is 44.5 Å². The van der Waals surface area contributed by atoms with Gasteiger partial charge >= 0.3 is 0 Å². The minimum Gasteiger partial charge on any atom is -0.394 e. The van der Waals surface area contributed by atoms with Gasteiger partial charge in [0.25, 0.3) is 0 Å². The predicted molar refractivity (Wildman–Crippen MR) is 81.2 cm³/mol. The van der Waals surface area contributed by atoms with Crippen molar-refractivity contribution in [2.45, 2.75) is 46.1 Å². The van der Waals surface area contributed by atoms with Gasteiger partial charge in [0.2, 0.25) is 0 Å². The molecule has 0 bridgehead atoms. The lowest BCUT2D eigenvalue weighted by molar-refractivity contribution is 0.105. The van der Waals surface area contributed by atoms with E-state index in [1.807, 2.05) is 20.8 Å². The largest absolute Gasteiger partial charge is 0.394 e. The van der Waals surface area contributed by atoms with Crippen molar-refractivity contribution >= 4 is 11.6 Å². The molecule has 0 amide bonds. The van der Waals surface area contributed by atoms with Gasteiger partial charge in [-0.05, 0) is 13.3 Å². The number of aliphatic hydroxyl groups excluding tert-OH is 2.